The number of aryl methyl sites for hydroxylation is 1. The second-order valence-electron chi connectivity index (χ2n) is 10.3. The first-order valence-corrected chi connectivity index (χ1v) is 15.4. The number of ether oxygens (including phenoxy) is 1. The van der Waals surface area contributed by atoms with Gasteiger partial charge in [-0.3, -0.25) is 19.2 Å². The number of hydrogen-bond acceptors (Lipinski definition) is 8. The van der Waals surface area contributed by atoms with Gasteiger partial charge in [0.1, 0.15) is 24.3 Å². The fourth-order valence-electron chi connectivity index (χ4n) is 5.39. The molecule has 0 saturated heterocycles. The quantitative estimate of drug-likeness (QED) is 0.167. The van der Waals surface area contributed by atoms with Crippen LogP contribution >= 0.6 is 22.9 Å². The standard InChI is InChI=1S/C32H27ClF3N5O4S/c1-4-40(5-2)15-22-21(14-37)27-25(13-24(22)32(34,35)36)39-17(3)41(30(27)42)10-11-45-26-7-6-18(33)12-20(26)19-8-9-38-28-23(31(43)44)16-46-29(19)28/h6-9,12-13,16H,4-5,10-11,15H2,1-3H3,(H,43,44). The molecule has 3 aromatic heterocycles. The molecule has 5 rings (SSSR count). The fraction of sp³-hybridized carbons (Fsp3) is 0.281. The van der Waals surface area contributed by atoms with E-state index in [0.717, 1.165) is 6.07 Å². The highest BCUT2D eigenvalue weighted by atomic mass is 35.5. The second-order valence-corrected chi connectivity index (χ2v) is 11.7. The van der Waals surface area contributed by atoms with Crippen LogP contribution in [-0.2, 0) is 19.3 Å². The molecule has 0 radical (unpaired) electrons. The molecule has 0 aliphatic carbocycles. The Balaban J connectivity index is 1.53. The molecule has 0 fully saturated rings. The lowest BCUT2D eigenvalue weighted by molar-refractivity contribution is -0.138. The molecule has 5 aromatic rings. The molecule has 0 spiro atoms. The second kappa shape index (κ2) is 13.1. The molecule has 46 heavy (non-hydrogen) atoms. The van der Waals surface area contributed by atoms with E-state index >= 15 is 0 Å². The van der Waals surface area contributed by atoms with E-state index in [2.05, 4.69) is 9.97 Å². The van der Waals surface area contributed by atoms with Gasteiger partial charge in [0.15, 0.2) is 0 Å². The molecule has 0 bridgehead atoms. The van der Waals surface area contributed by atoms with E-state index in [1.165, 1.54) is 34.4 Å². The van der Waals surface area contributed by atoms with Crippen LogP contribution in [0.5, 0.6) is 5.75 Å². The number of aromatic carboxylic acids is 1. The minimum atomic E-state index is -4.75. The summed E-state index contributed by atoms with van der Waals surface area (Å²) in [5.41, 5.74) is -0.815. The van der Waals surface area contributed by atoms with E-state index in [-0.39, 0.29) is 53.1 Å². The highest BCUT2D eigenvalue weighted by Gasteiger charge is 2.36. The zero-order valence-corrected chi connectivity index (χ0v) is 26.5. The van der Waals surface area contributed by atoms with Crippen molar-refractivity contribution in [3.63, 3.8) is 0 Å². The number of nitrogens with zero attached hydrogens (tertiary/aromatic N) is 5. The number of rotatable bonds is 10. The van der Waals surface area contributed by atoms with E-state index in [4.69, 9.17) is 16.3 Å². The number of thiophene rings is 1. The number of carbonyl (C=O) groups is 1. The van der Waals surface area contributed by atoms with Gasteiger partial charge in [0.25, 0.3) is 5.56 Å². The maximum Gasteiger partial charge on any atom is 0.416 e. The Hall–Kier alpha value is -4.51. The van der Waals surface area contributed by atoms with Crippen molar-refractivity contribution in [3.8, 4) is 22.9 Å². The summed E-state index contributed by atoms with van der Waals surface area (Å²) in [6, 6.07) is 9.38. The van der Waals surface area contributed by atoms with Gasteiger partial charge in [-0.05, 0) is 55.9 Å². The van der Waals surface area contributed by atoms with Crippen LogP contribution in [0.2, 0.25) is 5.02 Å². The molecule has 0 amide bonds. The zero-order valence-electron chi connectivity index (χ0n) is 24.9. The SMILES string of the molecule is CCN(CC)Cc1c(C(F)(F)F)cc2nc(C)n(CCOc3ccc(Cl)cc3-c3ccnc4c(C(=O)O)csc34)c(=O)c2c1C#N. The first-order chi connectivity index (χ1) is 21.9. The minimum Gasteiger partial charge on any atom is -0.491 e. The summed E-state index contributed by atoms with van der Waals surface area (Å²) < 4.78 is 50.5. The van der Waals surface area contributed by atoms with Crippen LogP contribution < -0.4 is 10.3 Å². The molecule has 14 heteroatoms. The van der Waals surface area contributed by atoms with E-state index in [1.807, 2.05) is 6.07 Å². The highest BCUT2D eigenvalue weighted by Crippen LogP contribution is 2.40. The average Bonchev–Trinajstić information content (AvgIpc) is 3.46. The largest absolute Gasteiger partial charge is 0.491 e. The van der Waals surface area contributed by atoms with Gasteiger partial charge in [-0.15, -0.1) is 11.3 Å². The number of carboxylic acids is 1. The van der Waals surface area contributed by atoms with E-state index in [1.54, 1.807) is 43.0 Å². The molecule has 1 N–H and O–H groups in total. The molecular weight excluding hydrogens is 643 g/mol. The first kappa shape index (κ1) is 32.9. The topological polar surface area (TPSA) is 121 Å². The number of halogens is 4. The van der Waals surface area contributed by atoms with Crippen LogP contribution in [0.3, 0.4) is 0 Å². The van der Waals surface area contributed by atoms with Gasteiger partial charge in [0.2, 0.25) is 0 Å². The monoisotopic (exact) mass is 669 g/mol. The smallest absolute Gasteiger partial charge is 0.416 e. The molecule has 0 aliphatic rings. The maximum absolute atomic E-state index is 14.2. The van der Waals surface area contributed by atoms with Gasteiger partial charge in [-0.25, -0.2) is 9.78 Å². The van der Waals surface area contributed by atoms with E-state index in [0.29, 0.717) is 45.2 Å². The first-order valence-electron chi connectivity index (χ1n) is 14.2. The zero-order chi connectivity index (χ0) is 33.3. The Labute approximate surface area is 270 Å². The molecule has 2 aromatic carbocycles. The lowest BCUT2D eigenvalue weighted by Crippen LogP contribution is -2.29. The maximum atomic E-state index is 14.2. The Morgan fingerprint density at radius 1 is 1.20 bits per heavy atom. The summed E-state index contributed by atoms with van der Waals surface area (Å²) in [4.78, 5) is 35.7. The minimum absolute atomic E-state index is 0.0269. The van der Waals surface area contributed by atoms with Crippen molar-refractivity contribution < 1.29 is 27.8 Å². The Kier molecular flexibility index (Phi) is 9.34. The lowest BCUT2D eigenvalue weighted by Gasteiger charge is -2.23. The van der Waals surface area contributed by atoms with Crippen molar-refractivity contribution in [1.29, 1.82) is 5.26 Å². The molecule has 238 valence electrons. The third kappa shape index (κ3) is 6.16. The van der Waals surface area contributed by atoms with Crippen molar-refractivity contribution in [3.05, 3.63) is 85.4 Å². The van der Waals surface area contributed by atoms with Crippen molar-refractivity contribution >= 4 is 50.0 Å². The van der Waals surface area contributed by atoms with Crippen LogP contribution in [0.4, 0.5) is 13.2 Å². The van der Waals surface area contributed by atoms with E-state index < -0.39 is 23.3 Å². The van der Waals surface area contributed by atoms with Crippen LogP contribution in [0, 0.1) is 18.3 Å². The van der Waals surface area contributed by atoms with Crippen molar-refractivity contribution in [1.82, 2.24) is 19.4 Å². The van der Waals surface area contributed by atoms with Gasteiger partial charge in [0, 0.05) is 34.3 Å². The molecule has 0 unspecified atom stereocenters. The fourth-order valence-corrected chi connectivity index (χ4v) is 6.59. The average molecular weight is 670 g/mol. The number of carboxylic acid groups (broad SMARTS) is 1. The number of fused-ring (bicyclic) bond motifs is 2. The van der Waals surface area contributed by atoms with Gasteiger partial charge in [-0.1, -0.05) is 25.4 Å². The normalized spacial score (nSPS) is 11.8. The van der Waals surface area contributed by atoms with Gasteiger partial charge in [-0.2, -0.15) is 18.4 Å². The highest BCUT2D eigenvalue weighted by molar-refractivity contribution is 7.18. The van der Waals surface area contributed by atoms with Crippen molar-refractivity contribution in [2.75, 3.05) is 19.7 Å². The van der Waals surface area contributed by atoms with Gasteiger partial charge >= 0.3 is 12.1 Å². The summed E-state index contributed by atoms with van der Waals surface area (Å²) in [6.07, 6.45) is -3.26. The number of aromatic nitrogens is 3. The Morgan fingerprint density at radius 3 is 2.59 bits per heavy atom. The lowest BCUT2D eigenvalue weighted by atomic mass is 9.96. The summed E-state index contributed by atoms with van der Waals surface area (Å²) in [7, 11) is 0. The molecule has 9 nitrogen and oxygen atoms in total. The summed E-state index contributed by atoms with van der Waals surface area (Å²) in [6.45, 7) is 5.79. The predicted octanol–water partition coefficient (Wildman–Crippen LogP) is 7.14. The summed E-state index contributed by atoms with van der Waals surface area (Å²) in [5, 5.41) is 21.3. The van der Waals surface area contributed by atoms with Crippen molar-refractivity contribution in [2.24, 2.45) is 0 Å². The Bertz CT molecular complexity index is 2080. The van der Waals surface area contributed by atoms with Crippen LogP contribution in [0.25, 0.3) is 32.2 Å². The van der Waals surface area contributed by atoms with Crippen LogP contribution in [0.1, 0.15) is 46.7 Å². The number of nitriles is 1. The van der Waals surface area contributed by atoms with Crippen molar-refractivity contribution in [2.45, 2.75) is 40.0 Å². The summed E-state index contributed by atoms with van der Waals surface area (Å²) in [5.74, 6) is -0.546. The number of pyridine rings is 1. The van der Waals surface area contributed by atoms with Crippen LogP contribution in [-0.4, -0.2) is 50.2 Å². The predicted molar refractivity (Wildman–Crippen MR) is 170 cm³/mol. The van der Waals surface area contributed by atoms with Gasteiger partial charge < -0.3 is 9.84 Å². The Morgan fingerprint density at radius 2 is 1.93 bits per heavy atom. The van der Waals surface area contributed by atoms with Gasteiger partial charge in [0.05, 0.1) is 44.4 Å². The molecule has 0 saturated carbocycles. The van der Waals surface area contributed by atoms with E-state index in [9.17, 15) is 33.1 Å². The number of hydrogen-bond donors (Lipinski definition) is 1. The molecule has 3 heterocycles. The third-order valence-corrected chi connectivity index (χ3v) is 8.97. The molecule has 0 aliphatic heterocycles. The molecular formula is C32H27ClF3N5O4S. The van der Waals surface area contributed by atoms with Crippen LogP contribution in [0.15, 0.2) is 46.7 Å². The summed E-state index contributed by atoms with van der Waals surface area (Å²) >= 11 is 7.54. The number of alkyl halides is 3. The number of benzene rings is 2. The molecule has 0 atom stereocenters. The third-order valence-electron chi connectivity index (χ3n) is 7.73.